The number of anilines is 1. The first-order valence-electron chi connectivity index (χ1n) is 9.60. The van der Waals surface area contributed by atoms with Gasteiger partial charge < -0.3 is 10.1 Å². The molecule has 1 atom stereocenters. The molecule has 0 aliphatic rings. The highest BCUT2D eigenvalue weighted by Gasteiger charge is 2.27. The van der Waals surface area contributed by atoms with Crippen LogP contribution in [0.5, 0.6) is 0 Å². The predicted molar refractivity (Wildman–Crippen MR) is 117 cm³/mol. The van der Waals surface area contributed by atoms with E-state index in [0.717, 1.165) is 29.8 Å². The van der Waals surface area contributed by atoms with Crippen LogP contribution in [-0.2, 0) is 26.0 Å². The maximum absolute atomic E-state index is 13.2. The summed E-state index contributed by atoms with van der Waals surface area (Å²) in [4.78, 5) is 24.9. The van der Waals surface area contributed by atoms with Crippen LogP contribution in [0.1, 0.15) is 15.9 Å². The summed E-state index contributed by atoms with van der Waals surface area (Å²) in [5.74, 6) is -1.90. The molecule has 0 aromatic heterocycles. The third-order valence-electron chi connectivity index (χ3n) is 4.61. The molecule has 3 aromatic carbocycles. The van der Waals surface area contributed by atoms with Gasteiger partial charge in [-0.2, -0.15) is 4.72 Å². The lowest BCUT2D eigenvalue weighted by Gasteiger charge is -2.19. The van der Waals surface area contributed by atoms with Gasteiger partial charge in [-0.25, -0.2) is 17.6 Å². The number of para-hydroxylation sites is 1. The number of esters is 1. The molecule has 3 aromatic rings. The van der Waals surface area contributed by atoms with Crippen LogP contribution >= 0.6 is 0 Å². The van der Waals surface area contributed by atoms with Crippen molar-refractivity contribution in [1.29, 1.82) is 0 Å². The van der Waals surface area contributed by atoms with E-state index in [9.17, 15) is 22.4 Å². The highest BCUT2D eigenvalue weighted by molar-refractivity contribution is 7.89. The third kappa shape index (κ3) is 5.77. The first-order chi connectivity index (χ1) is 15.3. The molecule has 0 aliphatic carbocycles. The van der Waals surface area contributed by atoms with E-state index in [4.69, 9.17) is 4.74 Å². The standard InChI is InChI=1S/C23H21FN2O5S/c1-31-23(28)19-9-5-6-10-20(19)25-22(27)21(15-16-7-3-2-4-8-16)26-32(29,30)18-13-11-17(24)12-14-18/h2-14,21,26H,15H2,1H3,(H,25,27)/t21-/m1/s1. The van der Waals surface area contributed by atoms with E-state index >= 15 is 0 Å². The summed E-state index contributed by atoms with van der Waals surface area (Å²) in [5.41, 5.74) is 1.03. The first kappa shape index (κ1) is 23.1. The Labute approximate surface area is 185 Å². The first-order valence-corrected chi connectivity index (χ1v) is 11.1. The zero-order valence-corrected chi connectivity index (χ0v) is 17.9. The monoisotopic (exact) mass is 456 g/mol. The minimum Gasteiger partial charge on any atom is -0.465 e. The maximum Gasteiger partial charge on any atom is 0.339 e. The van der Waals surface area contributed by atoms with Crippen molar-refractivity contribution in [3.05, 3.63) is 95.8 Å². The average molecular weight is 456 g/mol. The number of hydrogen-bond donors (Lipinski definition) is 2. The number of halogens is 1. The number of methoxy groups -OCH3 is 1. The van der Waals surface area contributed by atoms with Crippen molar-refractivity contribution in [2.75, 3.05) is 12.4 Å². The van der Waals surface area contributed by atoms with E-state index in [2.05, 4.69) is 10.0 Å². The number of hydrogen-bond acceptors (Lipinski definition) is 5. The molecule has 0 spiro atoms. The summed E-state index contributed by atoms with van der Waals surface area (Å²) >= 11 is 0. The molecule has 166 valence electrons. The molecule has 0 radical (unpaired) electrons. The summed E-state index contributed by atoms with van der Waals surface area (Å²) in [6, 6.07) is 18.1. The van der Waals surface area contributed by atoms with Crippen molar-refractivity contribution in [3.8, 4) is 0 Å². The van der Waals surface area contributed by atoms with Crippen LogP contribution < -0.4 is 10.0 Å². The van der Waals surface area contributed by atoms with E-state index < -0.39 is 33.8 Å². The molecule has 0 aliphatic heterocycles. The lowest BCUT2D eigenvalue weighted by Crippen LogP contribution is -2.45. The topological polar surface area (TPSA) is 102 Å². The van der Waals surface area contributed by atoms with E-state index in [1.165, 1.54) is 19.2 Å². The molecule has 0 unspecified atom stereocenters. The maximum atomic E-state index is 13.2. The van der Waals surface area contributed by atoms with E-state index in [-0.39, 0.29) is 22.6 Å². The largest absolute Gasteiger partial charge is 0.465 e. The van der Waals surface area contributed by atoms with Crippen LogP contribution in [0.15, 0.2) is 83.8 Å². The van der Waals surface area contributed by atoms with Gasteiger partial charge in [0.15, 0.2) is 0 Å². The van der Waals surface area contributed by atoms with Crippen molar-refractivity contribution in [1.82, 2.24) is 4.72 Å². The molecule has 0 fully saturated rings. The fourth-order valence-corrected chi connectivity index (χ4v) is 4.20. The number of rotatable bonds is 8. The van der Waals surface area contributed by atoms with Gasteiger partial charge in [0.25, 0.3) is 0 Å². The second kappa shape index (κ2) is 10.2. The molecule has 0 heterocycles. The summed E-state index contributed by atoms with van der Waals surface area (Å²) in [6.45, 7) is 0. The second-order valence-corrected chi connectivity index (χ2v) is 8.56. The molecule has 3 rings (SSSR count). The van der Waals surface area contributed by atoms with E-state index in [1.54, 1.807) is 42.5 Å². The minimum atomic E-state index is -4.13. The molecule has 9 heteroatoms. The fourth-order valence-electron chi connectivity index (χ4n) is 3.01. The Morgan fingerprint density at radius 1 is 0.938 bits per heavy atom. The number of benzene rings is 3. The van der Waals surface area contributed by atoms with Gasteiger partial charge in [0, 0.05) is 0 Å². The summed E-state index contributed by atoms with van der Waals surface area (Å²) in [5, 5.41) is 2.60. The van der Waals surface area contributed by atoms with E-state index in [1.807, 2.05) is 0 Å². The smallest absolute Gasteiger partial charge is 0.339 e. The van der Waals surface area contributed by atoms with Gasteiger partial charge >= 0.3 is 5.97 Å². The van der Waals surface area contributed by atoms with Crippen LogP contribution in [0, 0.1) is 5.82 Å². The van der Waals surface area contributed by atoms with E-state index in [0.29, 0.717) is 0 Å². The predicted octanol–water partition coefficient (Wildman–Crippen LogP) is 3.14. The summed E-state index contributed by atoms with van der Waals surface area (Å²) in [6.07, 6.45) is 0.0491. The van der Waals surface area contributed by atoms with Gasteiger partial charge in [-0.15, -0.1) is 0 Å². The molecule has 0 saturated heterocycles. The average Bonchev–Trinajstić information content (AvgIpc) is 2.79. The lowest BCUT2D eigenvalue weighted by molar-refractivity contribution is -0.117. The number of amides is 1. The van der Waals surface area contributed by atoms with Gasteiger partial charge in [-0.05, 0) is 48.4 Å². The number of carbonyl (C=O) groups is 2. The molecular weight excluding hydrogens is 435 g/mol. The number of ether oxygens (including phenoxy) is 1. The van der Waals surface area contributed by atoms with Crippen molar-refractivity contribution >= 4 is 27.6 Å². The number of sulfonamides is 1. The third-order valence-corrected chi connectivity index (χ3v) is 6.10. The summed E-state index contributed by atoms with van der Waals surface area (Å²) < 4.78 is 46.0. The summed E-state index contributed by atoms with van der Waals surface area (Å²) in [7, 11) is -2.92. The van der Waals surface area contributed by atoms with Crippen LogP contribution in [0.3, 0.4) is 0 Å². The molecule has 0 bridgehead atoms. The van der Waals surface area contributed by atoms with Gasteiger partial charge in [0.2, 0.25) is 15.9 Å². The fraction of sp³-hybridized carbons (Fsp3) is 0.130. The zero-order chi connectivity index (χ0) is 23.1. The van der Waals surface area contributed by atoms with Gasteiger partial charge in [-0.3, -0.25) is 4.79 Å². The molecule has 0 saturated carbocycles. The molecule has 7 nitrogen and oxygen atoms in total. The highest BCUT2D eigenvalue weighted by Crippen LogP contribution is 2.18. The van der Waals surface area contributed by atoms with Crippen LogP contribution in [0.2, 0.25) is 0 Å². The lowest BCUT2D eigenvalue weighted by atomic mass is 10.1. The van der Waals surface area contributed by atoms with Crippen LogP contribution in [-0.4, -0.2) is 33.4 Å². The van der Waals surface area contributed by atoms with Crippen molar-refractivity contribution in [2.45, 2.75) is 17.4 Å². The van der Waals surface area contributed by atoms with Crippen molar-refractivity contribution in [2.24, 2.45) is 0 Å². The quantitative estimate of drug-likeness (QED) is 0.507. The Morgan fingerprint density at radius 2 is 1.56 bits per heavy atom. The Hall–Kier alpha value is -3.56. The number of carbonyl (C=O) groups excluding carboxylic acids is 2. The van der Waals surface area contributed by atoms with Gasteiger partial charge in [0.05, 0.1) is 23.3 Å². The normalized spacial score (nSPS) is 12.1. The second-order valence-electron chi connectivity index (χ2n) is 6.84. The molecule has 2 N–H and O–H groups in total. The van der Waals surface area contributed by atoms with Crippen molar-refractivity contribution in [3.63, 3.8) is 0 Å². The Kier molecular flexibility index (Phi) is 7.34. The molecule has 1 amide bonds. The highest BCUT2D eigenvalue weighted by atomic mass is 32.2. The SMILES string of the molecule is COC(=O)c1ccccc1NC(=O)[C@@H](Cc1ccccc1)NS(=O)(=O)c1ccc(F)cc1. The Bertz CT molecular complexity index is 1200. The minimum absolute atomic E-state index is 0.0491. The Balaban J connectivity index is 1.90. The van der Waals surface area contributed by atoms with Crippen molar-refractivity contribution < 1.29 is 27.1 Å². The van der Waals surface area contributed by atoms with Crippen LogP contribution in [0.4, 0.5) is 10.1 Å². The van der Waals surface area contributed by atoms with Crippen LogP contribution in [0.25, 0.3) is 0 Å². The number of nitrogens with one attached hydrogen (secondary N) is 2. The zero-order valence-electron chi connectivity index (χ0n) is 17.1. The molecule has 32 heavy (non-hydrogen) atoms. The van der Waals surface area contributed by atoms with Gasteiger partial charge in [0.1, 0.15) is 11.9 Å². The Morgan fingerprint density at radius 3 is 2.22 bits per heavy atom. The molecular formula is C23H21FN2O5S. The van der Waals surface area contributed by atoms with Gasteiger partial charge in [-0.1, -0.05) is 42.5 Å².